The van der Waals surface area contributed by atoms with E-state index >= 15 is 0 Å². The van der Waals surface area contributed by atoms with E-state index in [4.69, 9.17) is 37.0 Å². The first-order valence-corrected chi connectivity index (χ1v) is 42.8. The number of unbranched alkanes of at least 4 members (excludes halogenated alkanes) is 29. The average molecular weight is 1470 g/mol. The minimum absolute atomic E-state index is 0.00532. The van der Waals surface area contributed by atoms with E-state index in [2.05, 4.69) is 125 Å². The summed E-state index contributed by atoms with van der Waals surface area (Å²) in [6.45, 7) is 4.67. The number of hydrogen-bond acceptors (Lipinski definition) is 15. The summed E-state index contributed by atoms with van der Waals surface area (Å²) >= 11 is 0. The molecule has 0 radical (unpaired) electrons. The summed E-state index contributed by atoms with van der Waals surface area (Å²) in [5.74, 6) is -2.32. The molecule has 2 unspecified atom stereocenters. The number of rotatable bonds is 74. The fraction of sp³-hybridized carbons (Fsp3) is 0.711. The second kappa shape index (κ2) is 74.7. The lowest BCUT2D eigenvalue weighted by atomic mass is 10.0. The van der Waals surface area contributed by atoms with Crippen LogP contribution in [0.1, 0.15) is 323 Å². The maximum Gasteiger partial charge on any atom is 0.472 e. The van der Waals surface area contributed by atoms with Gasteiger partial charge >= 0.3 is 39.5 Å². The smallest absolute Gasteiger partial charge is 0.462 e. The molecular weight excluding hydrogens is 1330 g/mol. The van der Waals surface area contributed by atoms with Gasteiger partial charge in [0.05, 0.1) is 26.4 Å². The summed E-state index contributed by atoms with van der Waals surface area (Å²) in [5, 5.41) is 10.6. The zero-order valence-electron chi connectivity index (χ0n) is 64.0. The molecule has 0 saturated heterocycles. The van der Waals surface area contributed by atoms with Crippen molar-refractivity contribution in [3.63, 3.8) is 0 Å². The van der Waals surface area contributed by atoms with Crippen molar-refractivity contribution >= 4 is 39.5 Å². The third-order valence-electron chi connectivity index (χ3n) is 16.4. The Morgan fingerprint density at radius 3 is 0.873 bits per heavy atom. The fourth-order valence-electron chi connectivity index (χ4n) is 10.3. The van der Waals surface area contributed by atoms with Crippen molar-refractivity contribution in [1.29, 1.82) is 0 Å². The van der Waals surface area contributed by atoms with Gasteiger partial charge in [0.1, 0.15) is 19.3 Å². The maximum absolute atomic E-state index is 13.1. The molecule has 0 heterocycles. The van der Waals surface area contributed by atoms with Crippen LogP contribution in [0.5, 0.6) is 0 Å². The highest BCUT2D eigenvalue weighted by atomic mass is 31.2. The van der Waals surface area contributed by atoms with Crippen molar-refractivity contribution in [2.75, 3.05) is 39.6 Å². The second-order valence-corrected chi connectivity index (χ2v) is 29.2. The van der Waals surface area contributed by atoms with Gasteiger partial charge in [0, 0.05) is 25.7 Å². The summed E-state index contributed by atoms with van der Waals surface area (Å²) in [6.07, 6.45) is 81.9. The van der Waals surface area contributed by atoms with Gasteiger partial charge in [-0.1, -0.05) is 290 Å². The molecule has 0 aliphatic carbocycles. The lowest BCUT2D eigenvalue weighted by molar-refractivity contribution is -0.161. The van der Waals surface area contributed by atoms with Crippen molar-refractivity contribution in [1.82, 2.24) is 0 Å². The molecular formula is C83H142O17P2. The van der Waals surface area contributed by atoms with E-state index in [-0.39, 0.29) is 25.7 Å². The summed E-state index contributed by atoms with van der Waals surface area (Å²) in [4.78, 5) is 72.9. The topological polar surface area (TPSA) is 237 Å². The Morgan fingerprint density at radius 1 is 0.284 bits per heavy atom. The number of phosphoric acid groups is 2. The van der Waals surface area contributed by atoms with Gasteiger partial charge in [0.2, 0.25) is 0 Å². The third kappa shape index (κ3) is 73.8. The third-order valence-corrected chi connectivity index (χ3v) is 18.3. The van der Waals surface area contributed by atoms with Crippen molar-refractivity contribution in [2.24, 2.45) is 0 Å². The van der Waals surface area contributed by atoms with Gasteiger partial charge in [-0.05, 0) is 128 Å². The molecule has 0 aliphatic heterocycles. The van der Waals surface area contributed by atoms with E-state index in [0.717, 1.165) is 116 Å². The largest absolute Gasteiger partial charge is 0.472 e. The van der Waals surface area contributed by atoms with E-state index in [0.29, 0.717) is 38.5 Å². The maximum atomic E-state index is 13.1. The van der Waals surface area contributed by atoms with Gasteiger partial charge in [-0.25, -0.2) is 9.13 Å². The monoisotopic (exact) mass is 1470 g/mol. The predicted octanol–water partition coefficient (Wildman–Crippen LogP) is 23.1. The molecule has 0 fully saturated rings. The molecule has 19 heteroatoms. The quantitative estimate of drug-likeness (QED) is 0.0128. The molecule has 586 valence electrons. The average Bonchev–Trinajstić information content (AvgIpc) is 0.959. The lowest BCUT2D eigenvalue weighted by Gasteiger charge is -2.21. The molecule has 0 aromatic carbocycles. The number of phosphoric ester groups is 2. The molecule has 0 amide bonds. The minimum Gasteiger partial charge on any atom is -0.462 e. The Kier molecular flexibility index (Phi) is 71.4. The Morgan fingerprint density at radius 2 is 0.520 bits per heavy atom. The van der Waals surface area contributed by atoms with Crippen LogP contribution >= 0.6 is 15.6 Å². The molecule has 102 heavy (non-hydrogen) atoms. The summed E-state index contributed by atoms with van der Waals surface area (Å²) in [5.41, 5.74) is 0. The van der Waals surface area contributed by atoms with Crippen LogP contribution in [0.25, 0.3) is 0 Å². The molecule has 0 rings (SSSR count). The standard InChI is InChI=1S/C83H142O17P2/c1-5-9-13-17-21-25-29-33-36-38-41-45-48-52-56-60-64-68-81(86)94-74-79(100-83(88)70-66-62-58-54-50-46-42-39-37-34-30-26-22-18-14-10-6-2)76-98-102(91,92)96-72-77(84)71-95-101(89,90)97-75-78(99-82(87)69-65-61-57-53-49-43-32-28-24-20-16-12-8-4)73-93-80(85)67-63-59-55-51-47-44-40-35-31-27-23-19-15-11-7-3/h21-22,25-27,31,33-37,40-42,45-46,52,54,56,58,77-79,84H,5-20,23-24,28-30,32,38-39,43-44,47-51,53,55,57,59-76H2,1-4H3,(H,89,90)(H,91,92)/b25-21-,26-22-,31-27-,36-33-,37-34-,40-35-,45-41-,46-42-,56-52-,58-54-/t77-,78-,79-/m1/s1. The van der Waals surface area contributed by atoms with Gasteiger partial charge in [-0.15, -0.1) is 0 Å². The molecule has 17 nitrogen and oxygen atoms in total. The van der Waals surface area contributed by atoms with Crippen LogP contribution in [0.3, 0.4) is 0 Å². The summed E-state index contributed by atoms with van der Waals surface area (Å²) < 4.78 is 68.4. The highest BCUT2D eigenvalue weighted by Crippen LogP contribution is 2.45. The van der Waals surface area contributed by atoms with Crippen LogP contribution in [0.15, 0.2) is 122 Å². The first-order valence-electron chi connectivity index (χ1n) is 39.8. The van der Waals surface area contributed by atoms with Crippen LogP contribution in [0.2, 0.25) is 0 Å². The van der Waals surface area contributed by atoms with Gasteiger partial charge in [0.15, 0.2) is 12.2 Å². The lowest BCUT2D eigenvalue weighted by Crippen LogP contribution is -2.30. The Bertz CT molecular complexity index is 2410. The first kappa shape index (κ1) is 97.5. The number of aliphatic hydroxyl groups excluding tert-OH is 1. The summed E-state index contributed by atoms with van der Waals surface area (Å²) in [7, 11) is -9.99. The van der Waals surface area contributed by atoms with E-state index < -0.39 is 97.5 Å². The normalized spacial score (nSPS) is 14.5. The Hall–Kier alpha value is -4.54. The Balaban J connectivity index is 5.46. The number of aliphatic hydroxyl groups is 1. The Labute approximate surface area is 619 Å². The molecule has 0 aliphatic rings. The highest BCUT2D eigenvalue weighted by Gasteiger charge is 2.30. The molecule has 5 atom stereocenters. The second-order valence-electron chi connectivity index (χ2n) is 26.3. The van der Waals surface area contributed by atoms with E-state index in [1.807, 2.05) is 24.3 Å². The molecule has 0 bridgehead atoms. The number of ether oxygens (including phenoxy) is 4. The molecule has 0 aromatic heterocycles. The molecule has 0 spiro atoms. The van der Waals surface area contributed by atoms with Crippen LogP contribution in [0.4, 0.5) is 0 Å². The van der Waals surface area contributed by atoms with E-state index in [1.54, 1.807) is 0 Å². The van der Waals surface area contributed by atoms with Crippen LogP contribution in [-0.4, -0.2) is 96.7 Å². The van der Waals surface area contributed by atoms with Crippen molar-refractivity contribution < 1.29 is 80.2 Å². The van der Waals surface area contributed by atoms with Gasteiger partial charge in [-0.3, -0.25) is 37.3 Å². The number of carbonyl (C=O) groups is 4. The summed E-state index contributed by atoms with van der Waals surface area (Å²) in [6, 6.07) is 0. The SMILES string of the molecule is CCCCC/C=C\C/C=C\C/C=C\C/C=C\CCCC(=O)OC[C@H](COP(=O)(O)OC[C@H](O)COP(=O)(O)OC[C@@H](COC(=O)CCCCCCC/C=C\C=C/CCCCCC)OC(=O)CCCCCCCCCCCCCCC)OC(=O)CCC/C=C\C/C=C\C/C=C\C/C=C\CCCCC. The number of allylic oxidation sites excluding steroid dienone is 20. The zero-order chi connectivity index (χ0) is 74.6. The number of carbonyl (C=O) groups excluding carboxylic acids is 4. The van der Waals surface area contributed by atoms with Crippen LogP contribution in [0, 0.1) is 0 Å². The van der Waals surface area contributed by atoms with E-state index in [1.165, 1.54) is 116 Å². The van der Waals surface area contributed by atoms with Crippen molar-refractivity contribution in [3.8, 4) is 0 Å². The zero-order valence-corrected chi connectivity index (χ0v) is 65.8. The fourth-order valence-corrected chi connectivity index (χ4v) is 11.9. The number of esters is 4. The van der Waals surface area contributed by atoms with Gasteiger partial charge in [-0.2, -0.15) is 0 Å². The first-order chi connectivity index (χ1) is 49.7. The molecule has 0 aromatic rings. The van der Waals surface area contributed by atoms with Crippen molar-refractivity contribution in [3.05, 3.63) is 122 Å². The van der Waals surface area contributed by atoms with Gasteiger partial charge < -0.3 is 33.8 Å². The van der Waals surface area contributed by atoms with Crippen LogP contribution in [-0.2, 0) is 65.4 Å². The minimum atomic E-state index is -5.00. The van der Waals surface area contributed by atoms with Gasteiger partial charge in [0.25, 0.3) is 0 Å². The predicted molar refractivity (Wildman–Crippen MR) is 418 cm³/mol. The van der Waals surface area contributed by atoms with Crippen molar-refractivity contribution in [2.45, 2.75) is 341 Å². The molecule has 0 saturated carbocycles. The highest BCUT2D eigenvalue weighted by molar-refractivity contribution is 7.47. The number of hydrogen-bond donors (Lipinski definition) is 3. The van der Waals surface area contributed by atoms with Crippen LogP contribution < -0.4 is 0 Å². The molecule has 3 N–H and O–H groups in total. The van der Waals surface area contributed by atoms with E-state index in [9.17, 15) is 43.2 Å².